The van der Waals surface area contributed by atoms with E-state index in [1.165, 1.54) is 19.2 Å². The molecule has 66 heavy (non-hydrogen) atoms. The second-order valence-electron chi connectivity index (χ2n) is 19.1. The molecule has 362 valence electrons. The van der Waals surface area contributed by atoms with Crippen LogP contribution in [0.3, 0.4) is 0 Å². The van der Waals surface area contributed by atoms with Crippen molar-refractivity contribution in [1.29, 1.82) is 0 Å². The van der Waals surface area contributed by atoms with Gasteiger partial charge in [-0.1, -0.05) is 11.2 Å². The minimum Gasteiger partial charge on any atom is -0.724 e. The van der Waals surface area contributed by atoms with Gasteiger partial charge in [0.15, 0.2) is 17.9 Å². The molecule has 4 heterocycles. The van der Waals surface area contributed by atoms with Gasteiger partial charge in [-0.3, -0.25) is 14.9 Å². The lowest BCUT2D eigenvalue weighted by Gasteiger charge is -2.51. The first-order valence-corrected chi connectivity index (χ1v) is 23.2. The van der Waals surface area contributed by atoms with Crippen molar-refractivity contribution in [2.24, 2.45) is 12.2 Å². The van der Waals surface area contributed by atoms with E-state index in [4.69, 9.17) is 23.8 Å². The summed E-state index contributed by atoms with van der Waals surface area (Å²) in [4.78, 5) is 75.6. The van der Waals surface area contributed by atoms with E-state index in [9.17, 15) is 36.9 Å². The molecule has 0 spiro atoms. The normalized spacial score (nSPS) is 17.9. The third-order valence-corrected chi connectivity index (χ3v) is 10.6. The van der Waals surface area contributed by atoms with E-state index in [0.717, 1.165) is 28.0 Å². The third kappa shape index (κ3) is 13.8. The molecule has 1 saturated heterocycles. The number of amides is 4. The maximum Gasteiger partial charge on any atom is 0.413 e. The van der Waals surface area contributed by atoms with E-state index in [1.807, 2.05) is 40.9 Å². The molecule has 2 aliphatic heterocycles. The maximum atomic E-state index is 14.0. The van der Waals surface area contributed by atoms with Crippen molar-refractivity contribution in [2.75, 3.05) is 11.9 Å². The summed E-state index contributed by atoms with van der Waals surface area (Å²) >= 11 is 0.899. The Morgan fingerprint density at radius 3 is 2.29 bits per heavy atom. The van der Waals surface area contributed by atoms with Crippen molar-refractivity contribution in [3.63, 3.8) is 0 Å². The molecule has 3 aromatic rings. The fraction of sp³-hybridized carbons (Fsp3) is 0.571. The van der Waals surface area contributed by atoms with Gasteiger partial charge >= 0.3 is 18.2 Å². The van der Waals surface area contributed by atoms with Crippen LogP contribution in [0, 0.1) is 0 Å². The number of aromatic nitrogens is 3. The number of esters is 1. The van der Waals surface area contributed by atoms with Crippen LogP contribution in [0.1, 0.15) is 100 Å². The molecule has 3 atom stereocenters. The number of β-lactam (4-membered cyclic amide) rings is 1. The molecule has 24 heteroatoms. The minimum absolute atomic E-state index is 0.00627. The van der Waals surface area contributed by atoms with Gasteiger partial charge in [0.05, 0.1) is 23.8 Å². The van der Waals surface area contributed by atoms with Gasteiger partial charge in [0, 0.05) is 11.9 Å². The number of carbonyl (C=O) groups is 5. The Morgan fingerprint density at radius 1 is 1.02 bits per heavy atom. The van der Waals surface area contributed by atoms with Crippen molar-refractivity contribution < 1.29 is 69.7 Å². The summed E-state index contributed by atoms with van der Waals surface area (Å²) in [5.74, 6) is -2.51. The average molecular weight is 963 g/mol. The zero-order valence-corrected chi connectivity index (χ0v) is 40.6. The van der Waals surface area contributed by atoms with Gasteiger partial charge in [-0.2, -0.15) is 14.0 Å². The van der Waals surface area contributed by atoms with E-state index in [0.29, 0.717) is 36.7 Å². The standard InChI is InChI=1S/C42H58N8O14S2/c1-39(2,3)60-35(53)31(29-17-15-25-20-24(14-16-28(25)59-29)26-21-48(12)49(22-26)19-13-18-43-37(54)61-40(4,5)6)63-47-30(27-23-65-36(44-27)46-38(55)62-41(7,8)9)33(51)45-32-34(52)50(42(32,10)11)64-66(56,57)58/h14,16,20-23,29,31-32H,13,15,17-19H2,1-12H3,(H3-,43,44,45,46,51,54,55,56,57,58)/b47-30-/t29?,31-,32?/m0/s1. The second-order valence-corrected chi connectivity index (χ2v) is 20.9. The highest BCUT2D eigenvalue weighted by Crippen LogP contribution is 2.35. The summed E-state index contributed by atoms with van der Waals surface area (Å²) in [6, 6.07) is 4.23. The monoisotopic (exact) mass is 962 g/mol. The summed E-state index contributed by atoms with van der Waals surface area (Å²) < 4.78 is 64.8. The number of aryl methyl sites for hydroxylation is 3. The van der Waals surface area contributed by atoms with Crippen molar-refractivity contribution in [1.82, 2.24) is 25.4 Å². The van der Waals surface area contributed by atoms with Crippen LogP contribution in [0.2, 0.25) is 0 Å². The largest absolute Gasteiger partial charge is 0.724 e. The summed E-state index contributed by atoms with van der Waals surface area (Å²) in [5.41, 5.74) is -1.95. The minimum atomic E-state index is -5.34. The van der Waals surface area contributed by atoms with Gasteiger partial charge in [-0.25, -0.2) is 27.8 Å². The van der Waals surface area contributed by atoms with Crippen LogP contribution in [-0.4, -0.2) is 111 Å². The Kier molecular flexibility index (Phi) is 15.1. The number of anilines is 1. The lowest BCUT2D eigenvalue weighted by Crippen LogP contribution is -2.76. The molecule has 0 bridgehead atoms. The highest BCUT2D eigenvalue weighted by atomic mass is 32.3. The molecule has 0 aliphatic carbocycles. The van der Waals surface area contributed by atoms with E-state index in [1.54, 1.807) is 68.4 Å². The topological polar surface area (TPSA) is 271 Å². The molecule has 3 N–H and O–H groups in total. The fourth-order valence-corrected chi connectivity index (χ4v) is 7.79. The summed E-state index contributed by atoms with van der Waals surface area (Å²) in [6.45, 7) is 19.1. The highest BCUT2D eigenvalue weighted by Gasteiger charge is 2.57. The van der Waals surface area contributed by atoms with Gasteiger partial charge in [-0.15, -0.1) is 16.0 Å². The van der Waals surface area contributed by atoms with Crippen molar-refractivity contribution in [2.45, 2.75) is 143 Å². The van der Waals surface area contributed by atoms with Gasteiger partial charge in [0.1, 0.15) is 40.4 Å². The van der Waals surface area contributed by atoms with Crippen LogP contribution in [0.4, 0.5) is 14.7 Å². The molecule has 2 aliphatic rings. The number of benzene rings is 1. The third-order valence-electron chi connectivity index (χ3n) is 9.54. The quantitative estimate of drug-likeness (QED) is 0.0223. The lowest BCUT2D eigenvalue weighted by molar-refractivity contribution is -0.753. The Hall–Kier alpha value is -5.85. The van der Waals surface area contributed by atoms with Crippen molar-refractivity contribution in [3.05, 3.63) is 47.2 Å². The molecule has 1 aromatic carbocycles. The SMILES string of the molecule is C[n+]1cc(-c2ccc3c(c2)CCC([C@H](O/N=C(\C(=O)NC2C(=O)N(OS(=O)(=O)[O-])C2(C)C)c2csc(NC(=O)OC(C)(C)C)n2)C(=O)OC(C)(C)C)O3)cn1CCCNC(=O)OC(C)(C)C. The maximum absolute atomic E-state index is 14.0. The molecular formula is C42H58N8O14S2. The number of hydrogen-bond donors (Lipinski definition) is 3. The van der Waals surface area contributed by atoms with Gasteiger partial charge < -0.3 is 39.0 Å². The number of nitrogens with zero attached hydrogens (tertiary/aromatic N) is 5. The van der Waals surface area contributed by atoms with E-state index >= 15 is 0 Å². The van der Waals surface area contributed by atoms with Gasteiger partial charge in [-0.05, 0) is 119 Å². The number of hydroxylamine groups is 2. The molecule has 4 amide bonds. The Morgan fingerprint density at radius 2 is 1.67 bits per heavy atom. The van der Waals surface area contributed by atoms with Crippen LogP contribution < -0.4 is 25.4 Å². The number of thiazole rings is 1. The number of hydrogen-bond acceptors (Lipinski definition) is 17. The van der Waals surface area contributed by atoms with E-state index < -0.39 is 86.7 Å². The van der Waals surface area contributed by atoms with E-state index in [-0.39, 0.29) is 17.2 Å². The predicted octanol–water partition coefficient (Wildman–Crippen LogP) is 4.02. The average Bonchev–Trinajstić information content (AvgIpc) is 3.78. The van der Waals surface area contributed by atoms with E-state index in [2.05, 4.69) is 30.4 Å². The number of ether oxygens (including phenoxy) is 4. The van der Waals surface area contributed by atoms with Crippen molar-refractivity contribution in [3.8, 4) is 16.9 Å². The first-order chi connectivity index (χ1) is 30.4. The summed E-state index contributed by atoms with van der Waals surface area (Å²) in [5, 5.41) is 13.5. The Labute approximate surface area is 387 Å². The molecular weight excluding hydrogens is 905 g/mol. The van der Waals surface area contributed by atoms with Crippen LogP contribution in [0.25, 0.3) is 11.1 Å². The summed E-state index contributed by atoms with van der Waals surface area (Å²) in [6.07, 6.45) is 1.50. The summed E-state index contributed by atoms with van der Waals surface area (Å²) in [7, 11) is -3.42. The number of fused-ring (bicyclic) bond motifs is 1. The molecule has 22 nitrogen and oxygen atoms in total. The lowest BCUT2D eigenvalue weighted by atomic mass is 9.84. The van der Waals surface area contributed by atoms with Crippen LogP contribution in [0.5, 0.6) is 5.75 Å². The first kappa shape index (κ1) is 51.1. The number of carbonyl (C=O) groups excluding carboxylic acids is 5. The molecule has 0 saturated carbocycles. The number of nitrogens with one attached hydrogen (secondary N) is 3. The number of oxime groups is 1. The molecule has 2 unspecified atom stereocenters. The highest BCUT2D eigenvalue weighted by molar-refractivity contribution is 7.80. The zero-order valence-electron chi connectivity index (χ0n) is 39.0. The predicted molar refractivity (Wildman–Crippen MR) is 235 cm³/mol. The Bertz CT molecular complexity index is 2460. The van der Waals surface area contributed by atoms with Gasteiger partial charge in [0.25, 0.3) is 17.9 Å². The van der Waals surface area contributed by atoms with Crippen molar-refractivity contribution >= 4 is 62.5 Å². The zero-order chi connectivity index (χ0) is 49.2. The molecule has 1 fully saturated rings. The molecule has 2 aromatic heterocycles. The fourth-order valence-electron chi connectivity index (χ4n) is 6.66. The molecule has 0 radical (unpaired) electrons. The number of rotatable bonds is 15. The van der Waals surface area contributed by atoms with Crippen LogP contribution in [0.15, 0.2) is 41.1 Å². The second kappa shape index (κ2) is 19.5. The Balaban J connectivity index is 1.38. The van der Waals surface area contributed by atoms with Gasteiger partial charge in [0.2, 0.25) is 16.6 Å². The number of alkyl carbamates (subject to hydrolysis) is 1. The smallest absolute Gasteiger partial charge is 0.413 e. The van der Waals surface area contributed by atoms with Crippen LogP contribution >= 0.6 is 11.3 Å². The van der Waals surface area contributed by atoms with Crippen LogP contribution in [-0.2, 0) is 68.1 Å². The molecule has 5 rings (SSSR count). The first-order valence-electron chi connectivity index (χ1n) is 20.9.